The average molecular weight is 485 g/mol. The van der Waals surface area contributed by atoms with E-state index in [4.69, 9.17) is 14.2 Å². The molecule has 1 aliphatic carbocycles. The highest BCUT2D eigenvalue weighted by Crippen LogP contribution is 2.23. The van der Waals surface area contributed by atoms with Crippen LogP contribution in [0.25, 0.3) is 0 Å². The van der Waals surface area contributed by atoms with Gasteiger partial charge in [-0.15, -0.1) is 0 Å². The maximum Gasteiger partial charge on any atom is 0.338 e. The number of ketones is 1. The van der Waals surface area contributed by atoms with Crippen LogP contribution in [0.3, 0.4) is 0 Å². The molecule has 0 aliphatic heterocycles. The van der Waals surface area contributed by atoms with Gasteiger partial charge < -0.3 is 14.2 Å². The van der Waals surface area contributed by atoms with Gasteiger partial charge in [0, 0.05) is 6.42 Å². The Morgan fingerprint density at radius 2 is 1.06 bits per heavy atom. The molecule has 3 aromatic carbocycles. The second kappa shape index (κ2) is 11.8. The molecule has 0 saturated carbocycles. The summed E-state index contributed by atoms with van der Waals surface area (Å²) < 4.78 is 17.0. The zero-order valence-corrected chi connectivity index (χ0v) is 19.3. The van der Waals surface area contributed by atoms with Crippen molar-refractivity contribution in [3.8, 4) is 0 Å². The largest absolute Gasteiger partial charge is 0.450 e. The minimum Gasteiger partial charge on any atom is -0.450 e. The molecule has 36 heavy (non-hydrogen) atoms. The lowest BCUT2D eigenvalue weighted by atomic mass is 9.96. The van der Waals surface area contributed by atoms with Crippen molar-refractivity contribution in [2.24, 2.45) is 0 Å². The van der Waals surface area contributed by atoms with Crippen LogP contribution in [0, 0.1) is 0 Å². The third-order valence-electron chi connectivity index (χ3n) is 5.57. The summed E-state index contributed by atoms with van der Waals surface area (Å²) in [6.07, 6.45) is -0.424. The van der Waals surface area contributed by atoms with E-state index in [2.05, 4.69) is 0 Å². The number of rotatable bonds is 6. The van der Waals surface area contributed by atoms with E-state index in [9.17, 15) is 19.2 Å². The monoisotopic (exact) mass is 484 g/mol. The fourth-order valence-electron chi connectivity index (χ4n) is 3.72. The number of allylic oxidation sites excluding steroid dienone is 1. The first-order valence-electron chi connectivity index (χ1n) is 11.5. The number of carbonyl (C=O) groups excluding carboxylic acids is 4. The van der Waals surface area contributed by atoms with E-state index in [0.29, 0.717) is 6.42 Å². The molecule has 0 heterocycles. The van der Waals surface area contributed by atoms with E-state index in [1.165, 1.54) is 0 Å². The molecule has 7 nitrogen and oxygen atoms in total. The molecule has 4 rings (SSSR count). The van der Waals surface area contributed by atoms with E-state index in [-0.39, 0.29) is 23.1 Å². The van der Waals surface area contributed by atoms with Gasteiger partial charge in [0.25, 0.3) is 0 Å². The number of benzene rings is 3. The van der Waals surface area contributed by atoms with Crippen LogP contribution in [-0.4, -0.2) is 42.0 Å². The normalized spacial score (nSPS) is 20.3. The summed E-state index contributed by atoms with van der Waals surface area (Å²) in [5.74, 6) is -2.63. The van der Waals surface area contributed by atoms with Crippen LogP contribution in [0.5, 0.6) is 0 Å². The quantitative estimate of drug-likeness (QED) is 0.287. The van der Waals surface area contributed by atoms with Crippen LogP contribution < -0.4 is 0 Å². The first-order valence-corrected chi connectivity index (χ1v) is 11.5. The molecule has 0 saturated heterocycles. The third-order valence-corrected chi connectivity index (χ3v) is 5.57. The standard InChI is InChI=1S/C29H24O7/c30-23-18-10-11-19-24(34-27(31)20-12-4-1-5-13-20)26(36-29(33)22-16-8-3-9-17-22)25(23)35-28(32)21-14-6-2-7-15-21/h1-9,11-17,19,24-26H,10,18H2/b19-11-/t24-,25+,26+/m0/s1. The summed E-state index contributed by atoms with van der Waals surface area (Å²) in [7, 11) is 0. The Morgan fingerprint density at radius 1 is 0.611 bits per heavy atom. The highest BCUT2D eigenvalue weighted by Gasteiger charge is 2.42. The Labute approximate surface area is 208 Å². The van der Waals surface area contributed by atoms with Crippen molar-refractivity contribution in [1.29, 1.82) is 0 Å². The van der Waals surface area contributed by atoms with Gasteiger partial charge in [0.15, 0.2) is 18.0 Å². The molecule has 0 amide bonds. The van der Waals surface area contributed by atoms with Crippen molar-refractivity contribution in [3.05, 3.63) is 120 Å². The minimum atomic E-state index is -1.48. The van der Waals surface area contributed by atoms with E-state index < -0.39 is 42.0 Å². The van der Waals surface area contributed by atoms with E-state index >= 15 is 0 Å². The van der Waals surface area contributed by atoms with Crippen molar-refractivity contribution in [2.75, 3.05) is 0 Å². The Morgan fingerprint density at radius 3 is 1.56 bits per heavy atom. The molecule has 1 aliphatic rings. The molecular weight excluding hydrogens is 460 g/mol. The molecule has 182 valence electrons. The maximum absolute atomic E-state index is 13.1. The Kier molecular flexibility index (Phi) is 8.03. The van der Waals surface area contributed by atoms with Crippen molar-refractivity contribution in [2.45, 2.75) is 31.2 Å². The Balaban J connectivity index is 1.67. The van der Waals surface area contributed by atoms with Gasteiger partial charge >= 0.3 is 17.9 Å². The SMILES string of the molecule is O=C(O[C@@H]1[C@@H](OC(=O)c2ccccc2)/C=C\CCC(=O)[C@H]1OC(=O)c1ccccc1)c1ccccc1. The number of esters is 3. The summed E-state index contributed by atoms with van der Waals surface area (Å²) >= 11 is 0. The first kappa shape index (κ1) is 24.6. The number of hydrogen-bond acceptors (Lipinski definition) is 7. The fraction of sp³-hybridized carbons (Fsp3) is 0.172. The summed E-state index contributed by atoms with van der Waals surface area (Å²) in [6, 6.07) is 24.6. The summed E-state index contributed by atoms with van der Waals surface area (Å²) in [6.45, 7) is 0. The lowest BCUT2D eigenvalue weighted by Crippen LogP contribution is -2.49. The molecule has 0 aromatic heterocycles. The van der Waals surface area contributed by atoms with Gasteiger partial charge in [-0.3, -0.25) is 4.79 Å². The van der Waals surface area contributed by atoms with Crippen LogP contribution in [0.4, 0.5) is 0 Å². The average Bonchev–Trinajstić information content (AvgIpc) is 2.92. The van der Waals surface area contributed by atoms with Crippen LogP contribution in [0.1, 0.15) is 43.9 Å². The highest BCUT2D eigenvalue weighted by molar-refractivity contribution is 5.94. The van der Waals surface area contributed by atoms with Gasteiger partial charge in [-0.2, -0.15) is 0 Å². The summed E-state index contributed by atoms with van der Waals surface area (Å²) in [5, 5.41) is 0. The predicted octanol–water partition coefficient (Wildman–Crippen LogP) is 4.58. The molecule has 3 atom stereocenters. The molecular formula is C29H24O7. The third kappa shape index (κ3) is 6.13. The zero-order valence-electron chi connectivity index (χ0n) is 19.3. The Hall–Kier alpha value is -4.52. The van der Waals surface area contributed by atoms with Gasteiger partial charge in [-0.05, 0) is 48.9 Å². The molecule has 0 unspecified atom stereocenters. The highest BCUT2D eigenvalue weighted by atomic mass is 16.6. The molecule has 0 radical (unpaired) electrons. The van der Waals surface area contributed by atoms with Gasteiger partial charge in [-0.25, -0.2) is 14.4 Å². The van der Waals surface area contributed by atoms with Crippen LogP contribution in [0.15, 0.2) is 103 Å². The van der Waals surface area contributed by atoms with Gasteiger partial charge in [0.05, 0.1) is 16.7 Å². The lowest BCUT2D eigenvalue weighted by molar-refractivity contribution is -0.139. The van der Waals surface area contributed by atoms with Crippen LogP contribution in [0.2, 0.25) is 0 Å². The molecule has 0 bridgehead atoms. The molecule has 3 aromatic rings. The fourth-order valence-corrected chi connectivity index (χ4v) is 3.72. The second-order valence-electron chi connectivity index (χ2n) is 8.10. The van der Waals surface area contributed by atoms with Gasteiger partial charge in [0.1, 0.15) is 0 Å². The van der Waals surface area contributed by atoms with Gasteiger partial charge in [-0.1, -0.05) is 60.7 Å². The van der Waals surface area contributed by atoms with Gasteiger partial charge in [0.2, 0.25) is 6.10 Å². The molecule has 0 N–H and O–H groups in total. The van der Waals surface area contributed by atoms with Crippen molar-refractivity contribution in [3.63, 3.8) is 0 Å². The topological polar surface area (TPSA) is 96.0 Å². The second-order valence-corrected chi connectivity index (χ2v) is 8.10. The number of ether oxygens (including phenoxy) is 3. The molecule has 7 heteroatoms. The first-order chi connectivity index (χ1) is 17.5. The molecule has 0 spiro atoms. The Bertz CT molecular complexity index is 1240. The lowest BCUT2D eigenvalue weighted by Gasteiger charge is -2.31. The summed E-state index contributed by atoms with van der Waals surface area (Å²) in [4.78, 5) is 51.8. The van der Waals surface area contributed by atoms with Crippen molar-refractivity contribution >= 4 is 23.7 Å². The van der Waals surface area contributed by atoms with E-state index in [0.717, 1.165) is 0 Å². The minimum absolute atomic E-state index is 0.0575. The maximum atomic E-state index is 13.1. The smallest absolute Gasteiger partial charge is 0.338 e. The van der Waals surface area contributed by atoms with Crippen LogP contribution >= 0.6 is 0 Å². The number of hydrogen-bond donors (Lipinski definition) is 0. The zero-order chi connectivity index (χ0) is 25.3. The van der Waals surface area contributed by atoms with E-state index in [1.54, 1.807) is 103 Å². The summed E-state index contributed by atoms with van der Waals surface area (Å²) in [5.41, 5.74) is 0.747. The van der Waals surface area contributed by atoms with Crippen molar-refractivity contribution in [1.82, 2.24) is 0 Å². The van der Waals surface area contributed by atoms with Crippen LogP contribution in [-0.2, 0) is 19.0 Å². The van der Waals surface area contributed by atoms with E-state index in [1.807, 2.05) is 0 Å². The number of Topliss-reactive ketones (excluding diaryl/α,β-unsaturated/α-hetero) is 1. The predicted molar refractivity (Wildman–Crippen MR) is 130 cm³/mol. The molecule has 0 fully saturated rings. The number of carbonyl (C=O) groups is 4. The van der Waals surface area contributed by atoms with Crippen molar-refractivity contribution < 1.29 is 33.4 Å².